The first-order valence-electron chi connectivity index (χ1n) is 8.61. The van der Waals surface area contributed by atoms with E-state index in [1.54, 1.807) is 25.3 Å². The molecule has 4 nitrogen and oxygen atoms in total. The molecule has 0 spiro atoms. The van der Waals surface area contributed by atoms with E-state index in [-0.39, 0.29) is 18.4 Å². The molecular weight excluding hydrogens is 321 g/mol. The summed E-state index contributed by atoms with van der Waals surface area (Å²) >= 11 is 0. The molecule has 2 unspecified atom stereocenters. The lowest BCUT2D eigenvalue weighted by molar-refractivity contribution is 0.0625. The van der Waals surface area contributed by atoms with Crippen molar-refractivity contribution in [1.82, 2.24) is 4.90 Å². The van der Waals surface area contributed by atoms with Crippen LogP contribution in [0.4, 0.5) is 4.39 Å². The Kier molecular flexibility index (Phi) is 5.89. The summed E-state index contributed by atoms with van der Waals surface area (Å²) in [5, 5.41) is 10.3. The topological polar surface area (TPSA) is 41.9 Å². The van der Waals surface area contributed by atoms with E-state index in [1.807, 2.05) is 12.1 Å². The molecule has 2 aromatic carbocycles. The summed E-state index contributed by atoms with van der Waals surface area (Å²) in [4.78, 5) is 2.26. The number of para-hydroxylation sites is 1. The highest BCUT2D eigenvalue weighted by Gasteiger charge is 2.27. The van der Waals surface area contributed by atoms with Crippen LogP contribution in [0.15, 0.2) is 48.5 Å². The summed E-state index contributed by atoms with van der Waals surface area (Å²) in [5.74, 6) is 0.605. The highest BCUT2D eigenvalue weighted by molar-refractivity contribution is 5.29. The van der Waals surface area contributed by atoms with E-state index in [0.717, 1.165) is 25.1 Å². The van der Waals surface area contributed by atoms with Gasteiger partial charge in [0.05, 0.1) is 7.11 Å². The fourth-order valence-corrected chi connectivity index (χ4v) is 3.32. The van der Waals surface area contributed by atoms with Crippen LogP contribution in [-0.2, 0) is 0 Å². The van der Waals surface area contributed by atoms with Gasteiger partial charge in [-0.15, -0.1) is 0 Å². The normalized spacial score (nSPS) is 18.9. The fraction of sp³-hybridized carbons (Fsp3) is 0.400. The Bertz CT molecular complexity index is 677. The predicted octanol–water partition coefficient (Wildman–Crippen LogP) is 3.41. The first-order valence-corrected chi connectivity index (χ1v) is 8.61. The Labute approximate surface area is 147 Å². The molecule has 1 aliphatic heterocycles. The van der Waals surface area contributed by atoms with E-state index < -0.39 is 11.9 Å². The number of halogens is 1. The lowest BCUT2D eigenvalue weighted by Crippen LogP contribution is -2.35. The summed E-state index contributed by atoms with van der Waals surface area (Å²) < 4.78 is 24.2. The number of benzene rings is 2. The van der Waals surface area contributed by atoms with Crippen molar-refractivity contribution in [1.29, 1.82) is 0 Å². The second kappa shape index (κ2) is 8.32. The molecule has 1 heterocycles. The maximum Gasteiger partial charge on any atom is 0.165 e. The van der Waals surface area contributed by atoms with E-state index in [2.05, 4.69) is 17.0 Å². The van der Waals surface area contributed by atoms with Crippen LogP contribution >= 0.6 is 0 Å². The molecule has 1 fully saturated rings. The van der Waals surface area contributed by atoms with Crippen molar-refractivity contribution in [3.8, 4) is 11.5 Å². The Morgan fingerprint density at radius 2 is 1.96 bits per heavy atom. The molecule has 1 saturated heterocycles. The second-order valence-corrected chi connectivity index (χ2v) is 6.32. The van der Waals surface area contributed by atoms with Crippen LogP contribution in [0.2, 0.25) is 0 Å². The Morgan fingerprint density at radius 1 is 1.20 bits per heavy atom. The third-order valence-electron chi connectivity index (χ3n) is 4.58. The highest BCUT2D eigenvalue weighted by atomic mass is 19.1. The number of likely N-dealkylation sites (tertiary alicyclic amines) is 1. The van der Waals surface area contributed by atoms with Gasteiger partial charge in [0, 0.05) is 12.6 Å². The summed E-state index contributed by atoms with van der Waals surface area (Å²) in [5.41, 5.74) is 1.22. The molecule has 0 aromatic heterocycles. The van der Waals surface area contributed by atoms with Crippen LogP contribution in [0.5, 0.6) is 11.5 Å². The maximum atomic E-state index is 13.6. The Balaban J connectivity index is 1.56. The minimum atomic E-state index is -0.668. The third-order valence-corrected chi connectivity index (χ3v) is 4.58. The van der Waals surface area contributed by atoms with Crippen molar-refractivity contribution >= 4 is 0 Å². The molecular formula is C20H24FNO3. The van der Waals surface area contributed by atoms with Crippen LogP contribution in [0.1, 0.15) is 24.4 Å². The van der Waals surface area contributed by atoms with E-state index in [1.165, 1.54) is 11.6 Å². The summed E-state index contributed by atoms with van der Waals surface area (Å²) in [6.07, 6.45) is 1.49. The van der Waals surface area contributed by atoms with Crippen molar-refractivity contribution in [3.05, 3.63) is 59.9 Å². The SMILES string of the molecule is COc1ccc(C2CCCN2CC(O)COc2ccccc2F)cc1. The molecule has 5 heteroatoms. The zero-order chi connectivity index (χ0) is 17.6. The molecule has 0 amide bonds. The molecule has 0 saturated carbocycles. The van der Waals surface area contributed by atoms with Crippen LogP contribution in [-0.4, -0.2) is 42.9 Å². The lowest BCUT2D eigenvalue weighted by atomic mass is 10.0. The number of aliphatic hydroxyl groups is 1. The lowest BCUT2D eigenvalue weighted by Gasteiger charge is -2.27. The fourth-order valence-electron chi connectivity index (χ4n) is 3.32. The number of aliphatic hydroxyl groups excluding tert-OH is 1. The molecule has 0 radical (unpaired) electrons. The van der Waals surface area contributed by atoms with Crippen molar-refractivity contribution < 1.29 is 19.0 Å². The van der Waals surface area contributed by atoms with Crippen LogP contribution in [0.3, 0.4) is 0 Å². The predicted molar refractivity (Wildman–Crippen MR) is 94.4 cm³/mol. The number of β-amino-alcohol motifs (C(OH)–C–C–N with tert-alkyl or cyclic N) is 1. The first-order chi connectivity index (χ1) is 12.2. The van der Waals surface area contributed by atoms with Gasteiger partial charge in [0.1, 0.15) is 18.5 Å². The van der Waals surface area contributed by atoms with Gasteiger partial charge in [0.15, 0.2) is 11.6 Å². The average Bonchev–Trinajstić information content (AvgIpc) is 3.09. The van der Waals surface area contributed by atoms with Gasteiger partial charge in [-0.25, -0.2) is 4.39 Å². The van der Waals surface area contributed by atoms with Gasteiger partial charge in [-0.1, -0.05) is 24.3 Å². The number of methoxy groups -OCH3 is 1. The maximum absolute atomic E-state index is 13.6. The first kappa shape index (κ1) is 17.7. The summed E-state index contributed by atoms with van der Waals surface area (Å²) in [6, 6.07) is 14.6. The Morgan fingerprint density at radius 3 is 2.68 bits per heavy atom. The summed E-state index contributed by atoms with van der Waals surface area (Å²) in [7, 11) is 1.66. The number of ether oxygens (including phenoxy) is 2. The third kappa shape index (κ3) is 4.50. The number of nitrogens with zero attached hydrogens (tertiary/aromatic N) is 1. The smallest absolute Gasteiger partial charge is 0.165 e. The molecule has 25 heavy (non-hydrogen) atoms. The minimum Gasteiger partial charge on any atom is -0.497 e. The van der Waals surface area contributed by atoms with Crippen molar-refractivity contribution in [2.75, 3.05) is 26.8 Å². The standard InChI is InChI=1S/C20H24FNO3/c1-24-17-10-8-15(9-11-17)19-6-4-12-22(19)13-16(23)14-25-20-7-3-2-5-18(20)21/h2-3,5,7-11,16,19,23H,4,6,12-14H2,1H3. The number of rotatable bonds is 7. The van der Waals surface area contributed by atoms with Crippen LogP contribution in [0, 0.1) is 5.82 Å². The summed E-state index contributed by atoms with van der Waals surface area (Å²) in [6.45, 7) is 1.52. The van der Waals surface area contributed by atoms with E-state index >= 15 is 0 Å². The number of hydrogen-bond donors (Lipinski definition) is 1. The van der Waals surface area contributed by atoms with Crippen LogP contribution in [0.25, 0.3) is 0 Å². The van der Waals surface area contributed by atoms with Gasteiger partial charge in [-0.3, -0.25) is 4.90 Å². The van der Waals surface area contributed by atoms with E-state index in [0.29, 0.717) is 6.54 Å². The molecule has 2 aromatic rings. The van der Waals surface area contributed by atoms with Crippen molar-refractivity contribution in [3.63, 3.8) is 0 Å². The monoisotopic (exact) mass is 345 g/mol. The van der Waals surface area contributed by atoms with Crippen molar-refractivity contribution in [2.45, 2.75) is 25.0 Å². The molecule has 0 bridgehead atoms. The second-order valence-electron chi connectivity index (χ2n) is 6.32. The van der Waals surface area contributed by atoms with E-state index in [9.17, 15) is 9.50 Å². The van der Waals surface area contributed by atoms with E-state index in [4.69, 9.17) is 9.47 Å². The molecule has 134 valence electrons. The molecule has 1 N–H and O–H groups in total. The van der Waals surface area contributed by atoms with Gasteiger partial charge in [-0.05, 0) is 49.2 Å². The molecule has 0 aliphatic carbocycles. The molecule has 1 aliphatic rings. The minimum absolute atomic E-state index is 0.0762. The van der Waals surface area contributed by atoms with Crippen molar-refractivity contribution in [2.24, 2.45) is 0 Å². The van der Waals surface area contributed by atoms with Gasteiger partial charge in [-0.2, -0.15) is 0 Å². The van der Waals surface area contributed by atoms with Gasteiger partial charge in [0.2, 0.25) is 0 Å². The average molecular weight is 345 g/mol. The zero-order valence-electron chi connectivity index (χ0n) is 14.4. The molecule has 2 atom stereocenters. The van der Waals surface area contributed by atoms with Gasteiger partial charge < -0.3 is 14.6 Å². The molecule has 3 rings (SSSR count). The highest BCUT2D eigenvalue weighted by Crippen LogP contribution is 2.32. The number of hydrogen-bond acceptors (Lipinski definition) is 4. The largest absolute Gasteiger partial charge is 0.497 e. The van der Waals surface area contributed by atoms with Crippen LogP contribution < -0.4 is 9.47 Å². The van der Waals surface area contributed by atoms with Gasteiger partial charge in [0.25, 0.3) is 0 Å². The quantitative estimate of drug-likeness (QED) is 0.835. The zero-order valence-corrected chi connectivity index (χ0v) is 14.4. The Hall–Kier alpha value is -2.11. The van der Waals surface area contributed by atoms with Gasteiger partial charge >= 0.3 is 0 Å².